The molecule has 0 atom stereocenters. The van der Waals surface area contributed by atoms with Crippen LogP contribution in [0.1, 0.15) is 10.5 Å². The molecule has 0 aromatic carbocycles. The summed E-state index contributed by atoms with van der Waals surface area (Å²) in [5.41, 5.74) is 0.256. The lowest BCUT2D eigenvalue weighted by Gasteiger charge is -2.34. The van der Waals surface area contributed by atoms with E-state index in [1.54, 1.807) is 11.1 Å². The normalized spacial score (nSPS) is 15.6. The van der Waals surface area contributed by atoms with Gasteiger partial charge in [-0.1, -0.05) is 11.2 Å². The van der Waals surface area contributed by atoms with Gasteiger partial charge in [0, 0.05) is 32.4 Å². The fraction of sp³-hybridized carbons (Fsp3) is 0.333. The largest absolute Gasteiger partial charge is 0.353 e. The maximum atomic E-state index is 12.0. The van der Waals surface area contributed by atoms with Gasteiger partial charge >= 0.3 is 0 Å². The summed E-state index contributed by atoms with van der Waals surface area (Å²) in [6.45, 7) is 2.80. The van der Waals surface area contributed by atoms with Crippen LogP contribution in [-0.4, -0.2) is 52.3 Å². The van der Waals surface area contributed by atoms with Crippen molar-refractivity contribution in [2.75, 3.05) is 31.1 Å². The molecule has 1 aliphatic heterocycles. The van der Waals surface area contributed by atoms with Crippen molar-refractivity contribution in [3.63, 3.8) is 0 Å². The van der Waals surface area contributed by atoms with E-state index in [1.165, 1.54) is 6.20 Å². The molecule has 2 aromatic rings. The number of hydrogen-bond donors (Lipinski definition) is 0. The number of nitrogens with zero attached hydrogens (tertiary/aromatic N) is 5. The van der Waals surface area contributed by atoms with Crippen LogP contribution >= 0.6 is 0 Å². The van der Waals surface area contributed by atoms with E-state index in [2.05, 4.69) is 24.8 Å². The van der Waals surface area contributed by atoms with E-state index in [9.17, 15) is 4.79 Å². The smallest absolute Gasteiger partial charge is 0.277 e. The molecule has 1 aliphatic rings. The first-order valence-corrected chi connectivity index (χ1v) is 6.07. The average molecular weight is 259 g/mol. The number of carbonyl (C=O) groups excluding carboxylic acids is 1. The molecule has 1 amide bonds. The molecule has 0 unspecified atom stereocenters. The molecule has 98 valence electrons. The Labute approximate surface area is 109 Å². The Kier molecular flexibility index (Phi) is 3.09. The second-order valence-electron chi connectivity index (χ2n) is 4.26. The summed E-state index contributed by atoms with van der Waals surface area (Å²) in [6.07, 6.45) is 3.11. The van der Waals surface area contributed by atoms with E-state index in [0.29, 0.717) is 13.1 Å². The van der Waals surface area contributed by atoms with Crippen LogP contribution in [0, 0.1) is 0 Å². The van der Waals surface area contributed by atoms with Gasteiger partial charge in [0.2, 0.25) is 0 Å². The van der Waals surface area contributed by atoms with Crippen molar-refractivity contribution in [2.45, 2.75) is 0 Å². The van der Waals surface area contributed by atoms with E-state index in [-0.39, 0.29) is 11.6 Å². The Balaban J connectivity index is 1.62. The van der Waals surface area contributed by atoms with Gasteiger partial charge in [-0.25, -0.2) is 9.61 Å². The summed E-state index contributed by atoms with van der Waals surface area (Å²) >= 11 is 0. The van der Waals surface area contributed by atoms with Gasteiger partial charge in [-0.15, -0.1) is 0 Å². The minimum atomic E-state index is -0.137. The predicted octanol–water partition coefficient (Wildman–Crippen LogP) is 0.427. The zero-order valence-corrected chi connectivity index (χ0v) is 10.3. The van der Waals surface area contributed by atoms with Crippen LogP contribution in [0.25, 0.3) is 0 Å². The Morgan fingerprint density at radius 3 is 2.68 bits per heavy atom. The monoisotopic (exact) mass is 259 g/mol. The standard InChI is InChI=1S/C12H13N5O2/c18-12(10-9-14-19-15-10)17-7-5-16(6-8-17)11-3-1-2-4-13-11/h1-4,9H,5-8H2. The topological polar surface area (TPSA) is 75.4 Å². The van der Waals surface area contributed by atoms with E-state index < -0.39 is 0 Å². The van der Waals surface area contributed by atoms with E-state index in [4.69, 9.17) is 0 Å². The number of rotatable bonds is 2. The highest BCUT2D eigenvalue weighted by molar-refractivity contribution is 5.91. The molecule has 1 saturated heterocycles. The van der Waals surface area contributed by atoms with Gasteiger partial charge in [0.15, 0.2) is 5.69 Å². The van der Waals surface area contributed by atoms with Gasteiger partial charge in [-0.2, -0.15) is 0 Å². The second-order valence-corrected chi connectivity index (χ2v) is 4.26. The van der Waals surface area contributed by atoms with Crippen LogP contribution < -0.4 is 4.90 Å². The number of carbonyl (C=O) groups is 1. The molecule has 0 radical (unpaired) electrons. The predicted molar refractivity (Wildman–Crippen MR) is 66.7 cm³/mol. The highest BCUT2D eigenvalue weighted by Gasteiger charge is 2.24. The molecule has 0 N–H and O–H groups in total. The molecule has 1 fully saturated rings. The zero-order chi connectivity index (χ0) is 13.1. The summed E-state index contributed by atoms with van der Waals surface area (Å²) in [5, 5.41) is 7.01. The zero-order valence-electron chi connectivity index (χ0n) is 10.3. The highest BCUT2D eigenvalue weighted by Crippen LogP contribution is 2.13. The van der Waals surface area contributed by atoms with Crippen molar-refractivity contribution in [2.24, 2.45) is 0 Å². The van der Waals surface area contributed by atoms with Gasteiger partial charge in [-0.3, -0.25) is 4.79 Å². The SMILES string of the molecule is O=C(c1cnon1)N1CCN(c2ccccn2)CC1. The first kappa shape index (κ1) is 11.6. The van der Waals surface area contributed by atoms with Crippen molar-refractivity contribution in [3.05, 3.63) is 36.3 Å². The van der Waals surface area contributed by atoms with Crippen LogP contribution in [0.4, 0.5) is 5.82 Å². The molecule has 2 aromatic heterocycles. The average Bonchev–Trinajstić information content (AvgIpc) is 3.02. The van der Waals surface area contributed by atoms with Gasteiger partial charge < -0.3 is 9.80 Å². The van der Waals surface area contributed by atoms with Crippen LogP contribution in [-0.2, 0) is 0 Å². The number of anilines is 1. The molecule has 3 rings (SSSR count). The van der Waals surface area contributed by atoms with Gasteiger partial charge in [0.25, 0.3) is 5.91 Å². The third-order valence-corrected chi connectivity index (χ3v) is 3.12. The summed E-state index contributed by atoms with van der Waals surface area (Å²) in [7, 11) is 0. The quantitative estimate of drug-likeness (QED) is 0.778. The van der Waals surface area contributed by atoms with Gasteiger partial charge in [0.1, 0.15) is 12.0 Å². The van der Waals surface area contributed by atoms with Crippen molar-refractivity contribution in [1.29, 1.82) is 0 Å². The molecule has 3 heterocycles. The van der Waals surface area contributed by atoms with E-state index in [0.717, 1.165) is 18.9 Å². The van der Waals surface area contributed by atoms with Gasteiger partial charge in [0.05, 0.1) is 0 Å². The summed E-state index contributed by atoms with van der Waals surface area (Å²) in [5.74, 6) is 0.805. The van der Waals surface area contributed by atoms with Crippen LogP contribution in [0.5, 0.6) is 0 Å². The third kappa shape index (κ3) is 2.40. The molecule has 0 bridgehead atoms. The van der Waals surface area contributed by atoms with Crippen LogP contribution in [0.2, 0.25) is 0 Å². The molecular formula is C12H13N5O2. The minimum absolute atomic E-state index is 0.137. The van der Waals surface area contributed by atoms with Gasteiger partial charge in [-0.05, 0) is 17.3 Å². The lowest BCUT2D eigenvalue weighted by atomic mass is 10.2. The molecule has 19 heavy (non-hydrogen) atoms. The minimum Gasteiger partial charge on any atom is -0.353 e. The van der Waals surface area contributed by atoms with Crippen molar-refractivity contribution >= 4 is 11.7 Å². The Morgan fingerprint density at radius 1 is 1.21 bits per heavy atom. The molecule has 7 nitrogen and oxygen atoms in total. The number of hydrogen-bond acceptors (Lipinski definition) is 6. The molecule has 0 aliphatic carbocycles. The van der Waals surface area contributed by atoms with Crippen LogP contribution in [0.15, 0.2) is 35.2 Å². The summed E-state index contributed by atoms with van der Waals surface area (Å²) < 4.78 is 4.45. The maximum Gasteiger partial charge on any atom is 0.277 e. The van der Waals surface area contributed by atoms with Crippen molar-refractivity contribution in [1.82, 2.24) is 20.2 Å². The number of aromatic nitrogens is 3. The first-order valence-electron chi connectivity index (χ1n) is 6.07. The fourth-order valence-corrected chi connectivity index (χ4v) is 2.10. The van der Waals surface area contributed by atoms with E-state index >= 15 is 0 Å². The fourth-order valence-electron chi connectivity index (χ4n) is 2.10. The number of amides is 1. The lowest BCUT2D eigenvalue weighted by Crippen LogP contribution is -2.49. The number of pyridine rings is 1. The molecule has 0 saturated carbocycles. The lowest BCUT2D eigenvalue weighted by molar-refractivity contribution is 0.0735. The summed E-state index contributed by atoms with van der Waals surface area (Å²) in [4.78, 5) is 20.2. The first-order chi connectivity index (χ1) is 9.34. The summed E-state index contributed by atoms with van der Waals surface area (Å²) in [6, 6.07) is 5.82. The van der Waals surface area contributed by atoms with Crippen molar-refractivity contribution < 1.29 is 9.42 Å². The Bertz CT molecular complexity index is 535. The second kappa shape index (κ2) is 5.05. The van der Waals surface area contributed by atoms with Crippen molar-refractivity contribution in [3.8, 4) is 0 Å². The Hall–Kier alpha value is -2.44. The molecule has 0 spiro atoms. The number of piperazine rings is 1. The molecule has 7 heteroatoms. The third-order valence-electron chi connectivity index (χ3n) is 3.12. The Morgan fingerprint density at radius 2 is 2.05 bits per heavy atom. The van der Waals surface area contributed by atoms with E-state index in [1.807, 2.05) is 18.2 Å². The highest BCUT2D eigenvalue weighted by atomic mass is 16.6. The van der Waals surface area contributed by atoms with Crippen LogP contribution in [0.3, 0.4) is 0 Å². The molecular weight excluding hydrogens is 246 g/mol. The maximum absolute atomic E-state index is 12.0.